The number of halogens is 2. The minimum atomic E-state index is -0.524. The van der Waals surface area contributed by atoms with E-state index in [0.717, 1.165) is 25.7 Å². The average Bonchev–Trinajstić information content (AvgIpc) is 2.94. The fraction of sp³-hybridized carbons (Fsp3) is 0.529. The van der Waals surface area contributed by atoms with Crippen LogP contribution in [0.15, 0.2) is 18.2 Å². The highest BCUT2D eigenvalue weighted by Gasteiger charge is 2.38. The molecule has 2 fully saturated rings. The fourth-order valence-electron chi connectivity index (χ4n) is 3.47. The van der Waals surface area contributed by atoms with Gasteiger partial charge in [0.1, 0.15) is 5.82 Å². The molecule has 1 atom stereocenters. The van der Waals surface area contributed by atoms with Crippen molar-refractivity contribution in [3.8, 4) is 0 Å². The second-order valence-corrected chi connectivity index (χ2v) is 6.76. The molecule has 1 aliphatic carbocycles. The van der Waals surface area contributed by atoms with Gasteiger partial charge in [-0.3, -0.25) is 9.59 Å². The molecule has 4 nitrogen and oxygen atoms in total. The number of hydrogen-bond acceptors (Lipinski definition) is 2. The average molecular weight is 339 g/mol. The standard InChI is InChI=1S/C17H20ClFN2O2/c18-14-9-12(6-7-15(14)19)20-17(23)11-8-16(22)21(10-11)13-4-2-1-3-5-13/h6-7,9,11,13H,1-5,8,10H2,(H,20,23)/t11-/m1/s1. The van der Waals surface area contributed by atoms with Crippen molar-refractivity contribution in [2.45, 2.75) is 44.6 Å². The Balaban J connectivity index is 1.61. The molecule has 0 aromatic heterocycles. The third-order valence-electron chi connectivity index (χ3n) is 4.73. The third kappa shape index (κ3) is 3.66. The van der Waals surface area contributed by atoms with Gasteiger partial charge in [-0.2, -0.15) is 0 Å². The minimum absolute atomic E-state index is 0.0332. The van der Waals surface area contributed by atoms with Crippen LogP contribution in [0.4, 0.5) is 10.1 Å². The molecule has 2 aliphatic rings. The molecule has 0 unspecified atom stereocenters. The van der Waals surface area contributed by atoms with E-state index >= 15 is 0 Å². The first-order valence-corrected chi connectivity index (χ1v) is 8.48. The maximum absolute atomic E-state index is 13.1. The summed E-state index contributed by atoms with van der Waals surface area (Å²) < 4.78 is 13.1. The van der Waals surface area contributed by atoms with E-state index in [0.29, 0.717) is 12.2 Å². The molecular weight excluding hydrogens is 319 g/mol. The van der Waals surface area contributed by atoms with E-state index in [9.17, 15) is 14.0 Å². The molecule has 2 amide bonds. The summed E-state index contributed by atoms with van der Waals surface area (Å²) in [6.07, 6.45) is 5.85. The van der Waals surface area contributed by atoms with E-state index in [1.807, 2.05) is 4.90 Å². The van der Waals surface area contributed by atoms with Crippen molar-refractivity contribution in [3.05, 3.63) is 29.0 Å². The first kappa shape index (κ1) is 16.2. The van der Waals surface area contributed by atoms with E-state index in [-0.39, 0.29) is 35.2 Å². The lowest BCUT2D eigenvalue weighted by atomic mass is 9.94. The van der Waals surface area contributed by atoms with Crippen molar-refractivity contribution < 1.29 is 14.0 Å². The number of benzene rings is 1. The van der Waals surface area contributed by atoms with Crippen molar-refractivity contribution in [1.29, 1.82) is 0 Å². The number of nitrogens with zero attached hydrogens (tertiary/aromatic N) is 1. The first-order valence-electron chi connectivity index (χ1n) is 8.10. The molecule has 1 saturated heterocycles. The number of nitrogens with one attached hydrogen (secondary N) is 1. The molecule has 1 N–H and O–H groups in total. The smallest absolute Gasteiger partial charge is 0.229 e. The molecule has 1 saturated carbocycles. The Bertz CT molecular complexity index is 617. The molecule has 1 aliphatic heterocycles. The number of carbonyl (C=O) groups excluding carboxylic acids is 2. The topological polar surface area (TPSA) is 49.4 Å². The number of hydrogen-bond donors (Lipinski definition) is 1. The lowest BCUT2D eigenvalue weighted by Gasteiger charge is -2.31. The van der Waals surface area contributed by atoms with Gasteiger partial charge in [-0.15, -0.1) is 0 Å². The normalized spacial score (nSPS) is 22.4. The van der Waals surface area contributed by atoms with Crippen LogP contribution >= 0.6 is 11.6 Å². The molecule has 6 heteroatoms. The van der Waals surface area contributed by atoms with E-state index in [4.69, 9.17) is 11.6 Å². The Morgan fingerprint density at radius 2 is 2.00 bits per heavy atom. The van der Waals surface area contributed by atoms with Crippen molar-refractivity contribution in [2.75, 3.05) is 11.9 Å². The lowest BCUT2D eigenvalue weighted by Crippen LogP contribution is -2.38. The van der Waals surface area contributed by atoms with E-state index in [1.54, 1.807) is 0 Å². The fourth-order valence-corrected chi connectivity index (χ4v) is 3.65. The highest BCUT2D eigenvalue weighted by atomic mass is 35.5. The van der Waals surface area contributed by atoms with Gasteiger partial charge in [-0.1, -0.05) is 30.9 Å². The second-order valence-electron chi connectivity index (χ2n) is 6.36. The Hall–Kier alpha value is -1.62. The van der Waals surface area contributed by atoms with Crippen LogP contribution in [0, 0.1) is 11.7 Å². The van der Waals surface area contributed by atoms with E-state index in [2.05, 4.69) is 5.32 Å². The quantitative estimate of drug-likeness (QED) is 0.915. The Morgan fingerprint density at radius 3 is 2.70 bits per heavy atom. The molecule has 0 bridgehead atoms. The van der Waals surface area contributed by atoms with Gasteiger partial charge >= 0.3 is 0 Å². The van der Waals surface area contributed by atoms with Gasteiger partial charge in [0.25, 0.3) is 0 Å². The second kappa shape index (κ2) is 6.87. The lowest BCUT2D eigenvalue weighted by molar-refractivity contribution is -0.130. The monoisotopic (exact) mass is 338 g/mol. The molecule has 124 valence electrons. The third-order valence-corrected chi connectivity index (χ3v) is 5.02. The van der Waals surface area contributed by atoms with Gasteiger partial charge in [0.15, 0.2) is 0 Å². The number of carbonyl (C=O) groups is 2. The predicted octanol–water partition coefficient (Wildman–Crippen LogP) is 3.60. The van der Waals surface area contributed by atoms with Gasteiger partial charge < -0.3 is 10.2 Å². The number of amides is 2. The highest BCUT2D eigenvalue weighted by Crippen LogP contribution is 2.29. The largest absolute Gasteiger partial charge is 0.339 e. The van der Waals surface area contributed by atoms with Crippen LogP contribution in [0.3, 0.4) is 0 Å². The summed E-state index contributed by atoms with van der Waals surface area (Å²) in [6, 6.07) is 4.35. The molecular formula is C17H20ClFN2O2. The molecule has 0 radical (unpaired) electrons. The predicted molar refractivity (Wildman–Crippen MR) is 86.7 cm³/mol. The summed E-state index contributed by atoms with van der Waals surface area (Å²) in [5.74, 6) is -1.02. The molecule has 1 aromatic rings. The zero-order valence-corrected chi connectivity index (χ0v) is 13.6. The summed E-state index contributed by atoms with van der Waals surface area (Å²) in [4.78, 5) is 26.4. The van der Waals surface area contributed by atoms with Crippen LogP contribution in [0.25, 0.3) is 0 Å². The number of rotatable bonds is 3. The Kier molecular flexibility index (Phi) is 4.85. The number of likely N-dealkylation sites (tertiary alicyclic amines) is 1. The number of anilines is 1. The summed E-state index contributed by atoms with van der Waals surface area (Å²) in [5, 5.41) is 2.69. The summed E-state index contributed by atoms with van der Waals surface area (Å²) in [7, 11) is 0. The van der Waals surface area contributed by atoms with Crippen molar-refractivity contribution >= 4 is 29.1 Å². The van der Waals surface area contributed by atoms with Crippen LogP contribution in [0.2, 0.25) is 5.02 Å². The van der Waals surface area contributed by atoms with Crippen molar-refractivity contribution in [2.24, 2.45) is 5.92 Å². The maximum atomic E-state index is 13.1. The van der Waals surface area contributed by atoms with Crippen LogP contribution in [-0.4, -0.2) is 29.3 Å². The van der Waals surface area contributed by atoms with E-state index in [1.165, 1.54) is 24.6 Å². The van der Waals surface area contributed by atoms with Crippen molar-refractivity contribution in [1.82, 2.24) is 4.90 Å². The summed E-state index contributed by atoms with van der Waals surface area (Å²) in [6.45, 7) is 0.476. The summed E-state index contributed by atoms with van der Waals surface area (Å²) in [5.41, 5.74) is 0.449. The van der Waals surface area contributed by atoms with Gasteiger partial charge in [0.05, 0.1) is 10.9 Å². The van der Waals surface area contributed by atoms with Crippen LogP contribution in [-0.2, 0) is 9.59 Å². The van der Waals surface area contributed by atoms with Gasteiger partial charge in [-0.25, -0.2) is 4.39 Å². The van der Waals surface area contributed by atoms with Crippen LogP contribution < -0.4 is 5.32 Å². The first-order chi connectivity index (χ1) is 11.0. The molecule has 1 aromatic carbocycles. The zero-order chi connectivity index (χ0) is 16.4. The van der Waals surface area contributed by atoms with Gasteiger partial charge in [-0.05, 0) is 31.0 Å². The SMILES string of the molecule is O=C(Nc1ccc(F)c(Cl)c1)[C@@H]1CC(=O)N(C2CCCCC2)C1. The van der Waals surface area contributed by atoms with Crippen LogP contribution in [0.5, 0.6) is 0 Å². The zero-order valence-electron chi connectivity index (χ0n) is 12.9. The van der Waals surface area contributed by atoms with Gasteiger partial charge in [0, 0.05) is 24.7 Å². The van der Waals surface area contributed by atoms with E-state index < -0.39 is 5.82 Å². The highest BCUT2D eigenvalue weighted by molar-refractivity contribution is 6.31. The minimum Gasteiger partial charge on any atom is -0.339 e. The van der Waals surface area contributed by atoms with Crippen molar-refractivity contribution in [3.63, 3.8) is 0 Å². The molecule has 1 heterocycles. The molecule has 23 heavy (non-hydrogen) atoms. The Labute approximate surface area is 140 Å². The summed E-state index contributed by atoms with van der Waals surface area (Å²) >= 11 is 5.72. The molecule has 0 spiro atoms. The maximum Gasteiger partial charge on any atom is 0.229 e. The van der Waals surface area contributed by atoms with Crippen LogP contribution in [0.1, 0.15) is 38.5 Å². The molecule has 3 rings (SSSR count). The Morgan fingerprint density at radius 1 is 1.26 bits per heavy atom. The van der Waals surface area contributed by atoms with Gasteiger partial charge in [0.2, 0.25) is 11.8 Å².